The zero-order valence-electron chi connectivity index (χ0n) is 13.7. The van der Waals surface area contributed by atoms with E-state index < -0.39 is 9.75 Å². The number of hydrogen-bond acceptors (Lipinski definition) is 3. The third-order valence-corrected chi connectivity index (χ3v) is 6.02. The van der Waals surface area contributed by atoms with Gasteiger partial charge in [0.1, 0.15) is 10.1 Å². The molecule has 1 aliphatic carbocycles. The molecule has 1 aliphatic heterocycles. The molecule has 0 spiro atoms. The Morgan fingerprint density at radius 2 is 1.54 bits per heavy atom. The monoisotopic (exact) mass is 370 g/mol. The topological polar surface area (TPSA) is 49.9 Å². The molecule has 0 aromatic heterocycles. The minimum Gasteiger partial charge on any atom is -0.497 e. The number of nitrogens with zero attached hydrogens (tertiary/aromatic N) is 2. The highest BCUT2D eigenvalue weighted by molar-refractivity contribution is 6.53. The lowest BCUT2D eigenvalue weighted by Crippen LogP contribution is -2.52. The summed E-state index contributed by atoms with van der Waals surface area (Å²) in [4.78, 5) is 28.6. The van der Waals surface area contributed by atoms with Crippen LogP contribution in [0.3, 0.4) is 0 Å². The highest BCUT2D eigenvalue weighted by atomic mass is 35.5. The van der Waals surface area contributed by atoms with Crippen LogP contribution in [0.2, 0.25) is 0 Å². The van der Waals surface area contributed by atoms with Gasteiger partial charge in [-0.1, -0.05) is 0 Å². The molecule has 0 radical (unpaired) electrons. The maximum Gasteiger partial charge on any atom is 0.253 e. The molecule has 24 heavy (non-hydrogen) atoms. The van der Waals surface area contributed by atoms with E-state index in [0.29, 0.717) is 43.9 Å². The smallest absolute Gasteiger partial charge is 0.253 e. The number of hydrogen-bond donors (Lipinski definition) is 0. The van der Waals surface area contributed by atoms with Crippen molar-refractivity contribution in [2.45, 2.75) is 17.7 Å². The molecule has 1 aromatic carbocycles. The van der Waals surface area contributed by atoms with E-state index in [1.54, 1.807) is 48.1 Å². The van der Waals surface area contributed by atoms with Crippen LogP contribution in [0.15, 0.2) is 24.3 Å². The van der Waals surface area contributed by atoms with Crippen molar-refractivity contribution in [1.82, 2.24) is 9.80 Å². The lowest BCUT2D eigenvalue weighted by molar-refractivity contribution is -0.137. The van der Waals surface area contributed by atoms with E-state index in [9.17, 15) is 9.59 Å². The van der Waals surface area contributed by atoms with Gasteiger partial charge in [-0.05, 0) is 37.6 Å². The first kappa shape index (κ1) is 17.4. The average Bonchev–Trinajstić information content (AvgIpc) is 3.13. The Kier molecular flexibility index (Phi) is 4.43. The van der Waals surface area contributed by atoms with Crippen LogP contribution in [0, 0.1) is 5.41 Å². The second-order valence-electron chi connectivity index (χ2n) is 6.53. The van der Waals surface area contributed by atoms with Crippen molar-refractivity contribution in [3.8, 4) is 5.75 Å². The summed E-state index contributed by atoms with van der Waals surface area (Å²) >= 11 is 12.2. The van der Waals surface area contributed by atoms with Gasteiger partial charge in [-0.15, -0.1) is 23.2 Å². The van der Waals surface area contributed by atoms with Crippen molar-refractivity contribution >= 4 is 35.0 Å². The summed E-state index contributed by atoms with van der Waals surface area (Å²) in [7, 11) is 1.59. The van der Waals surface area contributed by atoms with Crippen LogP contribution >= 0.6 is 23.2 Å². The summed E-state index contributed by atoms with van der Waals surface area (Å²) in [6, 6.07) is 7.03. The molecule has 0 N–H and O–H groups in total. The quantitative estimate of drug-likeness (QED) is 0.768. The lowest BCUT2D eigenvalue weighted by Gasteiger charge is -2.36. The van der Waals surface area contributed by atoms with Crippen molar-refractivity contribution in [3.63, 3.8) is 0 Å². The molecule has 5 nitrogen and oxygen atoms in total. The number of carbonyl (C=O) groups excluding carboxylic acids is 2. The van der Waals surface area contributed by atoms with Crippen LogP contribution in [0.4, 0.5) is 0 Å². The molecule has 7 heteroatoms. The van der Waals surface area contributed by atoms with Gasteiger partial charge in [-0.3, -0.25) is 9.59 Å². The number of rotatable bonds is 3. The number of alkyl halides is 2. The third-order valence-electron chi connectivity index (χ3n) is 4.92. The predicted octanol–water partition coefficient (Wildman–Crippen LogP) is 2.56. The van der Waals surface area contributed by atoms with Crippen molar-refractivity contribution in [3.05, 3.63) is 29.8 Å². The minimum absolute atomic E-state index is 0.0240. The summed E-state index contributed by atoms with van der Waals surface area (Å²) in [5.74, 6) is 0.653. The second-order valence-corrected chi connectivity index (χ2v) is 8.01. The largest absolute Gasteiger partial charge is 0.497 e. The molecule has 1 aromatic rings. The second kappa shape index (κ2) is 6.12. The Labute approximate surface area is 151 Å². The first-order valence-electron chi connectivity index (χ1n) is 7.89. The highest BCUT2D eigenvalue weighted by Gasteiger charge is 2.68. The number of ether oxygens (including phenoxy) is 1. The average molecular weight is 371 g/mol. The molecular formula is C17H20Cl2N2O3. The number of carbonyl (C=O) groups is 2. The van der Waals surface area contributed by atoms with Gasteiger partial charge in [0.05, 0.1) is 12.5 Å². The molecule has 1 atom stereocenters. The molecule has 1 saturated heterocycles. The number of halogens is 2. The van der Waals surface area contributed by atoms with Gasteiger partial charge in [0.25, 0.3) is 5.91 Å². The van der Waals surface area contributed by atoms with E-state index in [1.807, 2.05) is 0 Å². The van der Waals surface area contributed by atoms with Gasteiger partial charge >= 0.3 is 0 Å². The maximum absolute atomic E-state index is 12.6. The van der Waals surface area contributed by atoms with E-state index in [0.717, 1.165) is 0 Å². The standard InChI is InChI=1S/C17H20Cl2N2O3/c1-16(11-17(16,18)19)15(23)21-9-7-20(8-10-21)14(22)12-3-5-13(24-2)6-4-12/h3-6H,7-11H2,1-2H3. The van der Waals surface area contributed by atoms with E-state index in [-0.39, 0.29) is 11.8 Å². The van der Waals surface area contributed by atoms with Gasteiger partial charge in [0.15, 0.2) is 0 Å². The fourth-order valence-electron chi connectivity index (χ4n) is 3.01. The van der Waals surface area contributed by atoms with E-state index >= 15 is 0 Å². The van der Waals surface area contributed by atoms with Gasteiger partial charge in [-0.25, -0.2) is 0 Å². The summed E-state index contributed by atoms with van der Waals surface area (Å²) in [6.07, 6.45) is 0.479. The van der Waals surface area contributed by atoms with E-state index in [4.69, 9.17) is 27.9 Å². The Hall–Kier alpha value is -1.46. The SMILES string of the molecule is COc1ccc(C(=O)N2CCN(C(=O)C3(C)CC3(Cl)Cl)CC2)cc1. The molecule has 0 bridgehead atoms. The fraction of sp³-hybridized carbons (Fsp3) is 0.529. The van der Waals surface area contributed by atoms with Gasteiger partial charge in [0.2, 0.25) is 5.91 Å². The van der Waals surface area contributed by atoms with Crippen LogP contribution < -0.4 is 4.74 Å². The Morgan fingerprint density at radius 3 is 2.00 bits per heavy atom. The molecule has 2 aliphatic rings. The van der Waals surface area contributed by atoms with Crippen LogP contribution in [0.1, 0.15) is 23.7 Å². The Balaban J connectivity index is 1.58. The zero-order chi connectivity index (χ0) is 17.5. The summed E-state index contributed by atoms with van der Waals surface area (Å²) < 4.78 is 4.14. The van der Waals surface area contributed by atoms with Gasteiger partial charge < -0.3 is 14.5 Å². The fourth-order valence-corrected chi connectivity index (χ4v) is 3.71. The summed E-state index contributed by atoms with van der Waals surface area (Å²) in [5, 5.41) is 0. The number of amides is 2. The highest BCUT2D eigenvalue weighted by Crippen LogP contribution is 2.64. The van der Waals surface area contributed by atoms with Crippen LogP contribution in [-0.2, 0) is 4.79 Å². The van der Waals surface area contributed by atoms with Crippen molar-refractivity contribution in [1.29, 1.82) is 0 Å². The van der Waals surface area contributed by atoms with Crippen molar-refractivity contribution in [2.24, 2.45) is 5.41 Å². The molecule has 2 amide bonds. The molecule has 130 valence electrons. The van der Waals surface area contributed by atoms with Gasteiger partial charge in [0, 0.05) is 31.7 Å². The first-order valence-corrected chi connectivity index (χ1v) is 8.65. The Morgan fingerprint density at radius 1 is 1.04 bits per heavy atom. The van der Waals surface area contributed by atoms with E-state index in [1.165, 1.54) is 0 Å². The summed E-state index contributed by atoms with van der Waals surface area (Å²) in [6.45, 7) is 3.80. The molecule has 1 saturated carbocycles. The molecule has 1 heterocycles. The molecule has 2 fully saturated rings. The molecular weight excluding hydrogens is 351 g/mol. The summed E-state index contributed by atoms with van der Waals surface area (Å²) in [5.41, 5.74) is -0.0802. The van der Waals surface area contributed by atoms with Gasteiger partial charge in [-0.2, -0.15) is 0 Å². The maximum atomic E-state index is 12.6. The molecule has 3 rings (SSSR count). The first-order chi connectivity index (χ1) is 11.3. The zero-order valence-corrected chi connectivity index (χ0v) is 15.2. The number of benzene rings is 1. The predicted molar refractivity (Wildman–Crippen MR) is 92.6 cm³/mol. The lowest BCUT2D eigenvalue weighted by atomic mass is 10.1. The normalized spacial score (nSPS) is 25.3. The number of methoxy groups -OCH3 is 1. The van der Waals surface area contributed by atoms with Crippen LogP contribution in [-0.4, -0.2) is 59.2 Å². The number of piperazine rings is 1. The van der Waals surface area contributed by atoms with Crippen LogP contribution in [0.25, 0.3) is 0 Å². The van der Waals surface area contributed by atoms with E-state index in [2.05, 4.69) is 0 Å². The van der Waals surface area contributed by atoms with Crippen LogP contribution in [0.5, 0.6) is 5.75 Å². The third kappa shape index (κ3) is 2.95. The Bertz CT molecular complexity index is 654. The van der Waals surface area contributed by atoms with Crippen molar-refractivity contribution < 1.29 is 14.3 Å². The minimum atomic E-state index is -0.958. The molecule has 1 unspecified atom stereocenters. The van der Waals surface area contributed by atoms with Crippen molar-refractivity contribution in [2.75, 3.05) is 33.3 Å².